The lowest BCUT2D eigenvalue weighted by atomic mass is 9.86. The van der Waals surface area contributed by atoms with Crippen molar-refractivity contribution in [2.45, 2.75) is 12.6 Å². The normalized spacial score (nSPS) is 12.4. The Morgan fingerprint density at radius 1 is 0.403 bits per heavy atom. The highest BCUT2D eigenvalue weighted by Crippen LogP contribution is 2.43. The number of nitrogens with one attached hydrogen (secondary N) is 1. The van der Waals surface area contributed by atoms with E-state index in [4.69, 9.17) is 5.73 Å². The largest absolute Gasteiger partial charge is 0.366 e. The van der Waals surface area contributed by atoms with Crippen molar-refractivity contribution in [1.82, 2.24) is 5.32 Å². The Balaban J connectivity index is 1.16. The van der Waals surface area contributed by atoms with Crippen molar-refractivity contribution >= 4 is 59.6 Å². The lowest BCUT2D eigenvalue weighted by Crippen LogP contribution is -2.27. The summed E-state index contributed by atoms with van der Waals surface area (Å²) in [5, 5.41) is 16.2. The van der Waals surface area contributed by atoms with Gasteiger partial charge < -0.3 is 11.1 Å². The second-order valence-corrected chi connectivity index (χ2v) is 16.3. The predicted octanol–water partition coefficient (Wildman–Crippen LogP) is 15.3. The molecule has 294 valence electrons. The van der Waals surface area contributed by atoms with Crippen molar-refractivity contribution in [3.8, 4) is 33.4 Å². The Hall–Kier alpha value is -7.78. The lowest BCUT2D eigenvalue weighted by Gasteiger charge is -2.22. The van der Waals surface area contributed by atoms with Gasteiger partial charge in [0.25, 0.3) is 0 Å². The van der Waals surface area contributed by atoms with Gasteiger partial charge in [-0.05, 0) is 141 Å². The second kappa shape index (κ2) is 16.0. The topological polar surface area (TPSA) is 38.0 Å². The molecule has 0 heterocycles. The summed E-state index contributed by atoms with van der Waals surface area (Å²) < 4.78 is 0. The molecule has 0 saturated carbocycles. The van der Waals surface area contributed by atoms with Gasteiger partial charge in [0.05, 0.1) is 0 Å². The average molecular weight is 793 g/mol. The summed E-state index contributed by atoms with van der Waals surface area (Å²) in [6, 6.07) is 81.4. The number of allylic oxidation sites excluding steroid dienone is 1. The van der Waals surface area contributed by atoms with Crippen LogP contribution in [0, 0.1) is 0 Å². The molecule has 11 rings (SSSR count). The highest BCUT2D eigenvalue weighted by molar-refractivity contribution is 6.21. The van der Waals surface area contributed by atoms with Gasteiger partial charge in [-0.3, -0.25) is 0 Å². The molecule has 0 aliphatic heterocycles. The number of rotatable bonds is 9. The molecule has 2 nitrogen and oxygen atoms in total. The van der Waals surface area contributed by atoms with E-state index in [0.717, 1.165) is 34.4 Å². The summed E-state index contributed by atoms with van der Waals surface area (Å²) in [5.74, 6) is 0. The van der Waals surface area contributed by atoms with E-state index in [-0.39, 0.29) is 0 Å². The van der Waals surface area contributed by atoms with Crippen LogP contribution in [0.5, 0.6) is 0 Å². The third-order valence-corrected chi connectivity index (χ3v) is 12.5. The molecule has 0 aliphatic rings. The van der Waals surface area contributed by atoms with E-state index in [2.05, 4.69) is 218 Å². The van der Waals surface area contributed by atoms with Gasteiger partial charge in [-0.15, -0.1) is 0 Å². The minimum absolute atomic E-state index is 0.429. The van der Waals surface area contributed by atoms with Crippen LogP contribution in [0.4, 0.5) is 0 Å². The fraction of sp³-hybridized carbons (Fsp3) is 0.0333. The van der Waals surface area contributed by atoms with E-state index in [9.17, 15) is 0 Å². The Morgan fingerprint density at radius 3 is 1.71 bits per heavy atom. The molecule has 0 saturated heterocycles. The number of fused-ring (bicyclic) bond motifs is 7. The van der Waals surface area contributed by atoms with Gasteiger partial charge in [0.2, 0.25) is 0 Å². The predicted molar refractivity (Wildman–Crippen MR) is 265 cm³/mol. The molecule has 1 atom stereocenters. The van der Waals surface area contributed by atoms with Crippen molar-refractivity contribution in [3.05, 3.63) is 247 Å². The van der Waals surface area contributed by atoms with Crippen LogP contribution in [-0.2, 0) is 6.42 Å². The van der Waals surface area contributed by atoms with Gasteiger partial charge in [0.1, 0.15) is 6.17 Å². The first-order valence-electron chi connectivity index (χ1n) is 21.5. The van der Waals surface area contributed by atoms with Crippen LogP contribution in [0.1, 0.15) is 22.9 Å². The van der Waals surface area contributed by atoms with Crippen molar-refractivity contribution in [3.63, 3.8) is 0 Å². The first-order chi connectivity index (χ1) is 30.6. The molecule has 1 unspecified atom stereocenters. The molecule has 3 N–H and O–H groups in total. The quantitative estimate of drug-likeness (QED) is 0.0868. The van der Waals surface area contributed by atoms with E-state index in [0.29, 0.717) is 0 Å². The maximum absolute atomic E-state index is 7.07. The van der Waals surface area contributed by atoms with E-state index in [1.165, 1.54) is 81.7 Å². The summed E-state index contributed by atoms with van der Waals surface area (Å²) >= 11 is 0. The Bertz CT molecular complexity index is 3460. The third kappa shape index (κ3) is 6.97. The minimum Gasteiger partial charge on any atom is -0.366 e. The number of hydrogen-bond donors (Lipinski definition) is 2. The molecule has 2 heteroatoms. The van der Waals surface area contributed by atoms with E-state index in [1.54, 1.807) is 0 Å². The molecule has 0 spiro atoms. The zero-order chi connectivity index (χ0) is 41.4. The highest BCUT2D eigenvalue weighted by Gasteiger charge is 2.18. The maximum atomic E-state index is 7.07. The number of hydrogen-bond acceptors (Lipinski definition) is 2. The zero-order valence-electron chi connectivity index (χ0n) is 34.3. The van der Waals surface area contributed by atoms with Gasteiger partial charge >= 0.3 is 0 Å². The van der Waals surface area contributed by atoms with Gasteiger partial charge in [-0.2, -0.15) is 0 Å². The summed E-state index contributed by atoms with van der Waals surface area (Å²) in [4.78, 5) is 0. The van der Waals surface area contributed by atoms with Crippen LogP contribution in [0.2, 0.25) is 0 Å². The van der Waals surface area contributed by atoms with E-state index in [1.807, 2.05) is 18.2 Å². The molecule has 0 bridgehead atoms. The van der Waals surface area contributed by atoms with E-state index >= 15 is 0 Å². The number of nitrogens with two attached hydrogens (primary N) is 1. The second-order valence-electron chi connectivity index (χ2n) is 16.3. The van der Waals surface area contributed by atoms with Crippen LogP contribution in [0.3, 0.4) is 0 Å². The fourth-order valence-electron chi connectivity index (χ4n) is 9.36. The molecular formula is C60H44N2. The molecular weight excluding hydrogens is 749 g/mol. The first kappa shape index (κ1) is 37.2. The SMILES string of the molecule is NC(N/C(=C\Cc1ccc(-c2ccccc2)cc1)c1cc(-c2cc3ccccc3c3ccccc23)cc(-c2c3ccccc3cc3c2ccc2ccccc23)c1)c1ccccc1. The molecule has 0 amide bonds. The number of benzene rings is 11. The summed E-state index contributed by atoms with van der Waals surface area (Å²) in [6.45, 7) is 0. The Labute approximate surface area is 362 Å². The fourth-order valence-corrected chi connectivity index (χ4v) is 9.36. The minimum atomic E-state index is -0.429. The Morgan fingerprint density at radius 2 is 0.968 bits per heavy atom. The van der Waals surface area contributed by atoms with Crippen molar-refractivity contribution in [2.75, 3.05) is 0 Å². The molecule has 0 aliphatic carbocycles. The van der Waals surface area contributed by atoms with Crippen LogP contribution in [-0.4, -0.2) is 0 Å². The van der Waals surface area contributed by atoms with Crippen molar-refractivity contribution < 1.29 is 0 Å². The van der Waals surface area contributed by atoms with Crippen LogP contribution < -0.4 is 11.1 Å². The maximum Gasteiger partial charge on any atom is 0.101 e. The smallest absolute Gasteiger partial charge is 0.101 e. The Kier molecular flexibility index (Phi) is 9.61. The third-order valence-electron chi connectivity index (χ3n) is 12.5. The van der Waals surface area contributed by atoms with Gasteiger partial charge in [-0.25, -0.2) is 0 Å². The molecule has 0 radical (unpaired) electrons. The first-order valence-corrected chi connectivity index (χ1v) is 21.5. The van der Waals surface area contributed by atoms with Crippen LogP contribution >= 0.6 is 0 Å². The van der Waals surface area contributed by atoms with Crippen molar-refractivity contribution in [2.24, 2.45) is 5.73 Å². The molecule has 0 fully saturated rings. The van der Waals surface area contributed by atoms with Crippen LogP contribution in [0.25, 0.3) is 92.9 Å². The van der Waals surface area contributed by atoms with Gasteiger partial charge in [0, 0.05) is 5.70 Å². The van der Waals surface area contributed by atoms with E-state index < -0.39 is 6.17 Å². The van der Waals surface area contributed by atoms with Gasteiger partial charge in [-0.1, -0.05) is 200 Å². The molecule has 11 aromatic rings. The van der Waals surface area contributed by atoms with Crippen LogP contribution in [0.15, 0.2) is 231 Å². The molecule has 11 aromatic carbocycles. The highest BCUT2D eigenvalue weighted by atomic mass is 15.0. The summed E-state index contributed by atoms with van der Waals surface area (Å²) in [7, 11) is 0. The molecule has 0 aromatic heterocycles. The summed E-state index contributed by atoms with van der Waals surface area (Å²) in [5.41, 5.74) is 18.5. The molecule has 62 heavy (non-hydrogen) atoms. The standard InChI is InChI=1S/C60H44N2/c61-60(44-18-5-2-6-19-44)62-58(34-29-40-27-30-42(31-28-40)41-15-3-1-4-16-41)48-35-47(56-38-45-20-8-11-23-51(45)53-25-13-14-26-54(53)56)36-49(37-48)59-52-24-12-9-21-46(52)39-57-50-22-10-7-17-43(50)32-33-55(57)59/h1-28,30-39,60,62H,29,61H2/b58-34-. The monoisotopic (exact) mass is 792 g/mol. The van der Waals surface area contributed by atoms with Crippen molar-refractivity contribution in [1.29, 1.82) is 0 Å². The summed E-state index contributed by atoms with van der Waals surface area (Å²) in [6.07, 6.45) is 2.61. The zero-order valence-corrected chi connectivity index (χ0v) is 34.3. The average Bonchev–Trinajstić information content (AvgIpc) is 3.34. The lowest BCUT2D eigenvalue weighted by molar-refractivity contribution is 0.666. The van der Waals surface area contributed by atoms with Gasteiger partial charge in [0.15, 0.2) is 0 Å².